The molecule has 0 bridgehead atoms. The van der Waals surface area contributed by atoms with E-state index in [1.807, 2.05) is 7.11 Å². The average Bonchev–Trinajstić information content (AvgIpc) is 3.30. The van der Waals surface area contributed by atoms with Crippen LogP contribution in [-0.4, -0.2) is 18.8 Å². The lowest BCUT2D eigenvalue weighted by molar-refractivity contribution is -0.0601. The third kappa shape index (κ3) is 1.80. The maximum atomic E-state index is 10.2. The summed E-state index contributed by atoms with van der Waals surface area (Å²) in [5.74, 6) is 5.74. The van der Waals surface area contributed by atoms with Gasteiger partial charge < -0.3 is 9.84 Å². The minimum absolute atomic E-state index is 0.377. The SMILES string of the molecule is COC1=CCC2=C(C1)C[C@@H](C)[C@@H]1[C@@H]2CC[C@]2(C)[C@H](CO)[C@@H](C)[C@H]3C[C@]132. The third-order valence-corrected chi connectivity index (χ3v) is 9.69. The van der Waals surface area contributed by atoms with Gasteiger partial charge in [-0.05, 0) is 84.5 Å². The van der Waals surface area contributed by atoms with Gasteiger partial charge in [-0.3, -0.25) is 0 Å². The smallest absolute Gasteiger partial charge is 0.0959 e. The van der Waals surface area contributed by atoms with Crippen LogP contribution >= 0.6 is 0 Å². The molecule has 138 valence electrons. The van der Waals surface area contributed by atoms with Gasteiger partial charge in [0.2, 0.25) is 0 Å². The van der Waals surface area contributed by atoms with Crippen molar-refractivity contribution in [2.24, 2.45) is 46.3 Å². The van der Waals surface area contributed by atoms with Crippen molar-refractivity contribution in [3.8, 4) is 0 Å². The maximum Gasteiger partial charge on any atom is 0.0959 e. The molecule has 2 heteroatoms. The van der Waals surface area contributed by atoms with Crippen molar-refractivity contribution in [1.29, 1.82) is 0 Å². The highest BCUT2D eigenvalue weighted by Crippen LogP contribution is 2.84. The van der Waals surface area contributed by atoms with Gasteiger partial charge in [0.25, 0.3) is 0 Å². The number of aliphatic hydroxyl groups excluding tert-OH is 1. The Morgan fingerprint density at radius 1 is 1.32 bits per heavy atom. The van der Waals surface area contributed by atoms with Crippen molar-refractivity contribution >= 4 is 0 Å². The van der Waals surface area contributed by atoms with Crippen LogP contribution in [0.2, 0.25) is 0 Å². The third-order valence-electron chi connectivity index (χ3n) is 9.69. The van der Waals surface area contributed by atoms with E-state index in [4.69, 9.17) is 4.74 Å². The molecule has 0 aromatic carbocycles. The number of aliphatic hydroxyl groups is 1. The van der Waals surface area contributed by atoms with Crippen molar-refractivity contribution in [3.05, 3.63) is 23.0 Å². The molecule has 0 aromatic heterocycles. The van der Waals surface area contributed by atoms with Gasteiger partial charge in [-0.15, -0.1) is 0 Å². The lowest BCUT2D eigenvalue weighted by Crippen LogP contribution is -2.50. The van der Waals surface area contributed by atoms with Crippen LogP contribution in [0.4, 0.5) is 0 Å². The van der Waals surface area contributed by atoms with Gasteiger partial charge in [0.05, 0.1) is 12.9 Å². The normalized spacial score (nSPS) is 53.4. The number of methoxy groups -OCH3 is 1. The zero-order valence-electron chi connectivity index (χ0n) is 16.3. The minimum atomic E-state index is 0.377. The van der Waals surface area contributed by atoms with Crippen LogP contribution in [0.3, 0.4) is 0 Å². The number of ether oxygens (including phenoxy) is 1. The second-order valence-electron chi connectivity index (χ2n) is 10.2. The largest absolute Gasteiger partial charge is 0.501 e. The van der Waals surface area contributed by atoms with E-state index in [9.17, 15) is 5.11 Å². The number of allylic oxidation sites excluding steroid dienone is 3. The zero-order valence-corrected chi connectivity index (χ0v) is 16.3. The fourth-order valence-electron chi connectivity index (χ4n) is 8.71. The van der Waals surface area contributed by atoms with Crippen molar-refractivity contribution in [2.75, 3.05) is 13.7 Å². The average molecular weight is 343 g/mol. The first-order valence-corrected chi connectivity index (χ1v) is 10.5. The fraction of sp³-hybridized carbons (Fsp3) is 0.826. The molecule has 3 fully saturated rings. The topological polar surface area (TPSA) is 29.5 Å². The molecular weight excluding hydrogens is 308 g/mol. The highest BCUT2D eigenvalue weighted by atomic mass is 16.5. The molecule has 0 unspecified atom stereocenters. The van der Waals surface area contributed by atoms with Crippen LogP contribution in [0, 0.1) is 46.3 Å². The number of hydrogen-bond donors (Lipinski definition) is 1. The van der Waals surface area contributed by atoms with Gasteiger partial charge in [-0.2, -0.15) is 0 Å². The Balaban J connectivity index is 1.54. The van der Waals surface area contributed by atoms with Gasteiger partial charge >= 0.3 is 0 Å². The van der Waals surface area contributed by atoms with E-state index in [1.54, 1.807) is 11.1 Å². The lowest BCUT2D eigenvalue weighted by atomic mass is 9.48. The first-order valence-electron chi connectivity index (χ1n) is 10.5. The maximum absolute atomic E-state index is 10.2. The molecule has 0 aliphatic heterocycles. The molecule has 5 aliphatic rings. The molecule has 3 saturated carbocycles. The minimum Gasteiger partial charge on any atom is -0.501 e. The highest BCUT2D eigenvalue weighted by molar-refractivity contribution is 5.37. The molecule has 25 heavy (non-hydrogen) atoms. The molecule has 2 nitrogen and oxygen atoms in total. The van der Waals surface area contributed by atoms with Crippen molar-refractivity contribution in [1.82, 2.24) is 0 Å². The molecule has 8 atom stereocenters. The molecule has 0 heterocycles. The summed E-state index contributed by atoms with van der Waals surface area (Å²) in [6, 6.07) is 0. The van der Waals surface area contributed by atoms with Gasteiger partial charge in [-0.1, -0.05) is 31.9 Å². The van der Waals surface area contributed by atoms with Gasteiger partial charge in [0.15, 0.2) is 0 Å². The Bertz CT molecular complexity index is 661. The monoisotopic (exact) mass is 342 g/mol. The molecule has 0 radical (unpaired) electrons. The van der Waals surface area contributed by atoms with E-state index >= 15 is 0 Å². The summed E-state index contributed by atoms with van der Waals surface area (Å²) in [6.07, 6.45) is 9.91. The first kappa shape index (κ1) is 16.4. The molecule has 5 rings (SSSR count). The number of rotatable bonds is 2. The van der Waals surface area contributed by atoms with Gasteiger partial charge in [0, 0.05) is 13.0 Å². The summed E-state index contributed by atoms with van der Waals surface area (Å²) in [5, 5.41) is 10.2. The second-order valence-corrected chi connectivity index (χ2v) is 10.2. The van der Waals surface area contributed by atoms with E-state index in [-0.39, 0.29) is 0 Å². The predicted octanol–water partition coefficient (Wildman–Crippen LogP) is 4.94. The summed E-state index contributed by atoms with van der Waals surface area (Å²) in [6.45, 7) is 7.91. The Morgan fingerprint density at radius 2 is 2.12 bits per heavy atom. The van der Waals surface area contributed by atoms with Gasteiger partial charge in [0.1, 0.15) is 0 Å². The first-order chi connectivity index (χ1) is 12.0. The van der Waals surface area contributed by atoms with Crippen LogP contribution in [0.15, 0.2) is 23.0 Å². The fourth-order valence-corrected chi connectivity index (χ4v) is 8.71. The van der Waals surface area contributed by atoms with E-state index in [0.717, 1.165) is 36.5 Å². The van der Waals surface area contributed by atoms with Crippen LogP contribution in [0.1, 0.15) is 59.3 Å². The molecule has 1 N–H and O–H groups in total. The summed E-state index contributed by atoms with van der Waals surface area (Å²) in [5.41, 5.74) is 4.40. The molecule has 1 spiro atoms. The second kappa shape index (κ2) is 5.15. The highest BCUT2D eigenvalue weighted by Gasteiger charge is 2.79. The summed E-state index contributed by atoms with van der Waals surface area (Å²) in [4.78, 5) is 0. The Kier molecular flexibility index (Phi) is 3.38. The standard InChI is InChI=1S/C23H34O2/c1-13-9-15-10-16(25-4)5-6-17(15)18-7-8-22(3)20(12-24)14(2)19-11-23(19,22)21(13)18/h5,13-14,18-21,24H,6-12H2,1-4H3/t13-,14+,18-,19-,20-,21-,22-,23-/m1/s1. The Hall–Kier alpha value is -0.760. The molecular formula is C23H34O2. The molecule has 0 aromatic rings. The quantitative estimate of drug-likeness (QED) is 0.720. The lowest BCUT2D eigenvalue weighted by Gasteiger charge is -2.56. The van der Waals surface area contributed by atoms with Crippen LogP contribution < -0.4 is 0 Å². The Labute approximate surface area is 152 Å². The summed E-state index contributed by atoms with van der Waals surface area (Å²) < 4.78 is 5.57. The summed E-state index contributed by atoms with van der Waals surface area (Å²) >= 11 is 0. The van der Waals surface area contributed by atoms with E-state index in [1.165, 1.54) is 31.4 Å². The van der Waals surface area contributed by atoms with Crippen molar-refractivity contribution in [3.63, 3.8) is 0 Å². The summed E-state index contributed by atoms with van der Waals surface area (Å²) in [7, 11) is 1.82. The zero-order chi connectivity index (χ0) is 17.6. The number of fused-ring (bicyclic) bond motifs is 2. The molecule has 0 saturated heterocycles. The van der Waals surface area contributed by atoms with E-state index < -0.39 is 0 Å². The van der Waals surface area contributed by atoms with E-state index in [2.05, 4.69) is 26.8 Å². The number of hydrogen-bond acceptors (Lipinski definition) is 2. The van der Waals surface area contributed by atoms with E-state index in [0.29, 0.717) is 29.3 Å². The molecule has 5 aliphatic carbocycles. The van der Waals surface area contributed by atoms with Crippen LogP contribution in [-0.2, 0) is 4.74 Å². The van der Waals surface area contributed by atoms with Crippen LogP contribution in [0.5, 0.6) is 0 Å². The Morgan fingerprint density at radius 3 is 2.84 bits per heavy atom. The predicted molar refractivity (Wildman–Crippen MR) is 99.7 cm³/mol. The van der Waals surface area contributed by atoms with Gasteiger partial charge in [-0.25, -0.2) is 0 Å². The van der Waals surface area contributed by atoms with Crippen molar-refractivity contribution in [2.45, 2.75) is 59.3 Å². The van der Waals surface area contributed by atoms with Crippen molar-refractivity contribution < 1.29 is 9.84 Å². The molecule has 0 amide bonds. The van der Waals surface area contributed by atoms with Crippen LogP contribution in [0.25, 0.3) is 0 Å².